The summed E-state index contributed by atoms with van der Waals surface area (Å²) in [6.45, 7) is 8.18. The van der Waals surface area contributed by atoms with Gasteiger partial charge in [0.15, 0.2) is 12.0 Å². The quantitative estimate of drug-likeness (QED) is 0.156. The first-order valence-corrected chi connectivity index (χ1v) is 14.0. The standard InChI is InChI=1S/C23H35O10P3S/c1-6-22(4)16(13-7-9-14(10-8-13)37-33-24-5)20(26-12(2)3)23(32-22)28-17-15(11-25-34)27-21(31-36)19(30-35)18(17)29-23/h7-10,12,15,17-19,21H,6,11,34-36H2,1-5H3/t15?,17?,18?,19?,21?,22-,23?/m0/s1. The first kappa shape index (κ1) is 30.0. The molecule has 37 heavy (non-hydrogen) atoms. The molecule has 3 aliphatic rings. The van der Waals surface area contributed by atoms with Gasteiger partial charge in [-0.2, -0.15) is 4.33 Å². The van der Waals surface area contributed by atoms with Gasteiger partial charge in [-0.05, 0) is 44.9 Å². The molecule has 208 valence electrons. The van der Waals surface area contributed by atoms with Crippen LogP contribution in [0.15, 0.2) is 34.9 Å². The van der Waals surface area contributed by atoms with E-state index >= 15 is 0 Å². The van der Waals surface area contributed by atoms with Crippen LogP contribution in [0.3, 0.4) is 0 Å². The third kappa shape index (κ3) is 5.91. The summed E-state index contributed by atoms with van der Waals surface area (Å²) in [4.78, 5) is 5.57. The molecule has 1 aromatic carbocycles. The van der Waals surface area contributed by atoms with Gasteiger partial charge in [0.1, 0.15) is 30.0 Å². The van der Waals surface area contributed by atoms with E-state index in [0.29, 0.717) is 12.2 Å². The molecule has 0 N–H and O–H groups in total. The number of ether oxygens (including phenoxy) is 5. The molecule has 9 unspecified atom stereocenters. The van der Waals surface area contributed by atoms with Crippen molar-refractivity contribution in [1.29, 1.82) is 0 Å². The van der Waals surface area contributed by atoms with Crippen LogP contribution in [0, 0.1) is 0 Å². The Morgan fingerprint density at radius 3 is 2.32 bits per heavy atom. The van der Waals surface area contributed by atoms with E-state index in [1.165, 1.54) is 7.11 Å². The molecule has 4 rings (SSSR count). The molecule has 0 aliphatic carbocycles. The highest BCUT2D eigenvalue weighted by atomic mass is 32.2. The highest BCUT2D eigenvalue weighted by Gasteiger charge is 2.67. The van der Waals surface area contributed by atoms with Crippen LogP contribution in [0.4, 0.5) is 0 Å². The molecule has 0 radical (unpaired) electrons. The van der Waals surface area contributed by atoms with Gasteiger partial charge < -0.3 is 37.3 Å². The van der Waals surface area contributed by atoms with Gasteiger partial charge in [0.2, 0.25) is 0 Å². The van der Waals surface area contributed by atoms with Gasteiger partial charge >= 0.3 is 5.97 Å². The average Bonchev–Trinajstić information content (AvgIpc) is 3.37. The van der Waals surface area contributed by atoms with Crippen LogP contribution in [0.5, 0.6) is 0 Å². The molecule has 0 aromatic heterocycles. The molecule has 10 atom stereocenters. The lowest BCUT2D eigenvalue weighted by Gasteiger charge is -2.40. The molecule has 0 amide bonds. The fourth-order valence-corrected chi connectivity index (χ4v) is 5.85. The second-order valence-corrected chi connectivity index (χ2v) is 10.9. The molecule has 10 nitrogen and oxygen atoms in total. The van der Waals surface area contributed by atoms with E-state index in [1.807, 2.05) is 52.0 Å². The van der Waals surface area contributed by atoms with E-state index in [1.54, 1.807) is 0 Å². The minimum atomic E-state index is -1.62. The Kier molecular flexibility index (Phi) is 10.3. The number of fused-ring (bicyclic) bond motifs is 1. The van der Waals surface area contributed by atoms with Crippen LogP contribution in [-0.4, -0.2) is 62.1 Å². The fourth-order valence-electron chi connectivity index (χ4n) is 4.77. The summed E-state index contributed by atoms with van der Waals surface area (Å²) in [5, 5.41) is 0. The van der Waals surface area contributed by atoms with Crippen molar-refractivity contribution in [1.82, 2.24) is 0 Å². The van der Waals surface area contributed by atoms with Gasteiger partial charge in [0.05, 0.1) is 31.9 Å². The molecule has 0 bridgehead atoms. The van der Waals surface area contributed by atoms with Crippen molar-refractivity contribution >= 4 is 46.0 Å². The predicted octanol–water partition coefficient (Wildman–Crippen LogP) is 4.56. The normalized spacial score (nSPS) is 35.5. The molecule has 2 saturated heterocycles. The molecular weight excluding hydrogens is 561 g/mol. The Bertz CT molecular complexity index is 953. The molecule has 2 fully saturated rings. The molecule has 3 heterocycles. The number of benzene rings is 1. The smallest absolute Gasteiger partial charge is 0.347 e. The summed E-state index contributed by atoms with van der Waals surface area (Å²) in [6.07, 6.45) is -2.59. The maximum Gasteiger partial charge on any atom is 0.347 e. The van der Waals surface area contributed by atoms with Crippen molar-refractivity contribution < 1.29 is 46.5 Å². The SMILES string of the molecule is CC[C@]1(C)OC2(OC3C(COP)OC(OP)C(OP)C3O2)C(OC(C)C)=C1c1ccc(SOOC)cc1. The third-order valence-electron chi connectivity index (χ3n) is 6.49. The molecule has 0 saturated carbocycles. The summed E-state index contributed by atoms with van der Waals surface area (Å²) in [5.41, 5.74) is 0.969. The molecule has 14 heteroatoms. The first-order chi connectivity index (χ1) is 17.8. The number of rotatable bonds is 11. The molecule has 1 spiro atoms. The second kappa shape index (κ2) is 12.7. The zero-order valence-electron chi connectivity index (χ0n) is 21.4. The van der Waals surface area contributed by atoms with Gasteiger partial charge in [-0.1, -0.05) is 19.1 Å². The van der Waals surface area contributed by atoms with Crippen LogP contribution in [0.25, 0.3) is 5.57 Å². The Hall–Kier alpha value is 0.0400. The van der Waals surface area contributed by atoms with Crippen LogP contribution in [-0.2, 0) is 46.5 Å². The molecule has 1 aromatic rings. The lowest BCUT2D eigenvalue weighted by molar-refractivity contribution is -0.348. The van der Waals surface area contributed by atoms with Crippen molar-refractivity contribution in [3.05, 3.63) is 35.6 Å². The summed E-state index contributed by atoms with van der Waals surface area (Å²) in [5.74, 6) is -1.15. The van der Waals surface area contributed by atoms with Crippen LogP contribution in [0.1, 0.15) is 39.7 Å². The van der Waals surface area contributed by atoms with Crippen molar-refractivity contribution in [2.45, 2.75) is 87.4 Å². The highest BCUT2D eigenvalue weighted by Crippen LogP contribution is 2.56. The Balaban J connectivity index is 1.79. The topological polar surface area (TPSA) is 92.3 Å². The number of hydrogen-bond acceptors (Lipinski definition) is 11. The monoisotopic (exact) mass is 596 g/mol. The van der Waals surface area contributed by atoms with Crippen molar-refractivity contribution in [3.8, 4) is 0 Å². The Labute approximate surface area is 229 Å². The van der Waals surface area contributed by atoms with Crippen molar-refractivity contribution in [2.75, 3.05) is 13.7 Å². The highest BCUT2D eigenvalue weighted by molar-refractivity contribution is 7.94. The van der Waals surface area contributed by atoms with Gasteiger partial charge in [0, 0.05) is 38.9 Å². The minimum absolute atomic E-state index is 0.177. The average molecular weight is 597 g/mol. The second-order valence-electron chi connectivity index (χ2n) is 9.23. The van der Waals surface area contributed by atoms with Crippen LogP contribution < -0.4 is 0 Å². The van der Waals surface area contributed by atoms with Crippen molar-refractivity contribution in [2.24, 2.45) is 0 Å². The van der Waals surface area contributed by atoms with Gasteiger partial charge in [0.25, 0.3) is 0 Å². The van der Waals surface area contributed by atoms with Gasteiger partial charge in [-0.15, -0.1) is 0 Å². The van der Waals surface area contributed by atoms with E-state index in [2.05, 4.69) is 28.4 Å². The number of hydrogen-bond donors (Lipinski definition) is 0. The maximum absolute atomic E-state index is 6.70. The summed E-state index contributed by atoms with van der Waals surface area (Å²) >= 11 is 1.12. The van der Waals surface area contributed by atoms with E-state index < -0.39 is 42.3 Å². The summed E-state index contributed by atoms with van der Waals surface area (Å²) in [6, 6.07) is 7.85. The maximum atomic E-state index is 6.70. The molecular formula is C23H35O10P3S. The van der Waals surface area contributed by atoms with E-state index in [9.17, 15) is 0 Å². The van der Waals surface area contributed by atoms with Gasteiger partial charge in [-0.25, -0.2) is 4.89 Å². The third-order valence-corrected chi connectivity index (χ3v) is 7.93. The Morgan fingerprint density at radius 1 is 1.05 bits per heavy atom. The van der Waals surface area contributed by atoms with Crippen molar-refractivity contribution in [3.63, 3.8) is 0 Å². The summed E-state index contributed by atoms with van der Waals surface area (Å²) in [7, 11) is 8.17. The zero-order valence-corrected chi connectivity index (χ0v) is 25.7. The summed E-state index contributed by atoms with van der Waals surface area (Å²) < 4.78 is 53.9. The zero-order chi connectivity index (χ0) is 26.8. The largest absolute Gasteiger partial charge is 0.487 e. The van der Waals surface area contributed by atoms with E-state index in [-0.39, 0.29) is 12.7 Å². The predicted molar refractivity (Wildman–Crippen MR) is 145 cm³/mol. The van der Waals surface area contributed by atoms with Crippen LogP contribution >= 0.6 is 40.4 Å². The lowest BCUT2D eigenvalue weighted by Crippen LogP contribution is -2.57. The van der Waals surface area contributed by atoms with Gasteiger partial charge in [-0.3, -0.25) is 0 Å². The molecule has 3 aliphatic heterocycles. The van der Waals surface area contributed by atoms with Crippen LogP contribution in [0.2, 0.25) is 0 Å². The fraction of sp³-hybridized carbons (Fsp3) is 0.652. The van der Waals surface area contributed by atoms with E-state index in [4.69, 9.17) is 46.5 Å². The lowest BCUT2D eigenvalue weighted by atomic mass is 9.88. The minimum Gasteiger partial charge on any atom is -0.487 e. The Morgan fingerprint density at radius 2 is 1.76 bits per heavy atom. The van der Waals surface area contributed by atoms with E-state index in [0.717, 1.165) is 28.1 Å². The first-order valence-electron chi connectivity index (χ1n) is 11.9.